The Balaban J connectivity index is 4.76. The molecule has 0 bridgehead atoms. The molecule has 0 rings (SSSR count). The first-order valence-corrected chi connectivity index (χ1v) is 6.43. The molecule has 0 aromatic rings. The van der Waals surface area contributed by atoms with Crippen LogP contribution in [-0.2, 0) is 9.53 Å². The van der Waals surface area contributed by atoms with Crippen LogP contribution in [0.1, 0.15) is 27.2 Å². The molecule has 0 heterocycles. The van der Waals surface area contributed by atoms with Crippen LogP contribution in [0.4, 0.5) is 0 Å². The van der Waals surface area contributed by atoms with Crippen LogP contribution in [0.3, 0.4) is 0 Å². The van der Waals surface area contributed by atoms with E-state index in [9.17, 15) is 4.79 Å². The summed E-state index contributed by atoms with van der Waals surface area (Å²) in [5.74, 6) is -0.222. The maximum absolute atomic E-state index is 11.2. The molecule has 0 saturated carbocycles. The van der Waals surface area contributed by atoms with Crippen LogP contribution in [0.5, 0.6) is 0 Å². The van der Waals surface area contributed by atoms with E-state index >= 15 is 0 Å². The molecule has 0 aliphatic heterocycles. The number of nitrogens with one attached hydrogen (secondary N) is 1. The first kappa shape index (κ1) is 17.2. The first-order valence-electron chi connectivity index (χ1n) is 6.43. The lowest BCUT2D eigenvalue weighted by Crippen LogP contribution is -2.17. The fraction of sp³-hybridized carbons (Fsp3) is 0.467. The quantitative estimate of drug-likeness (QED) is 0.420. The van der Waals surface area contributed by atoms with Crippen molar-refractivity contribution in [2.24, 2.45) is 5.73 Å². The summed E-state index contributed by atoms with van der Waals surface area (Å²) in [6, 6.07) is 0. The molecule has 106 valence electrons. The zero-order chi connectivity index (χ0) is 14.7. The number of rotatable bonds is 7. The second kappa shape index (κ2) is 10.2. The third-order valence-corrected chi connectivity index (χ3v) is 2.16. The lowest BCUT2D eigenvalue weighted by molar-refractivity contribution is -0.116. The van der Waals surface area contributed by atoms with Gasteiger partial charge in [-0.25, -0.2) is 0 Å². The van der Waals surface area contributed by atoms with Crippen LogP contribution >= 0.6 is 0 Å². The number of carbonyl (C=O) groups excluding carboxylic acids is 1. The third-order valence-electron chi connectivity index (χ3n) is 2.16. The standard InChI is InChI=1S/C15H24N2O2/c1-5-8-13(14(16)11-15(18)17-4)9-6-7-10-19-12(2)3/h7-9,11-12H,5,10,16H2,1-4H3,(H,17,18)/b13-8+,14-11?. The average Bonchev–Trinajstić information content (AvgIpc) is 2.36. The highest BCUT2D eigenvalue weighted by atomic mass is 16.5. The predicted octanol–water partition coefficient (Wildman–Crippen LogP) is 2.05. The molecule has 19 heavy (non-hydrogen) atoms. The Bertz CT molecular complexity index is 400. The Morgan fingerprint density at radius 2 is 2.16 bits per heavy atom. The van der Waals surface area contributed by atoms with E-state index in [1.165, 1.54) is 6.08 Å². The molecular weight excluding hydrogens is 240 g/mol. The van der Waals surface area contributed by atoms with Gasteiger partial charge in [0, 0.05) is 24.4 Å². The van der Waals surface area contributed by atoms with Gasteiger partial charge in [0.05, 0.1) is 12.7 Å². The van der Waals surface area contributed by atoms with Crippen molar-refractivity contribution in [1.82, 2.24) is 5.32 Å². The molecule has 0 aromatic carbocycles. The van der Waals surface area contributed by atoms with E-state index in [4.69, 9.17) is 10.5 Å². The lowest BCUT2D eigenvalue weighted by atomic mass is 10.1. The topological polar surface area (TPSA) is 64.3 Å². The molecule has 0 aromatic heterocycles. The second-order valence-corrected chi connectivity index (χ2v) is 4.18. The number of amides is 1. The summed E-state index contributed by atoms with van der Waals surface area (Å²) in [5.41, 5.74) is 10.1. The number of ether oxygens (including phenoxy) is 1. The molecule has 0 fully saturated rings. The largest absolute Gasteiger partial charge is 0.398 e. The van der Waals surface area contributed by atoms with Crippen LogP contribution in [-0.4, -0.2) is 25.7 Å². The Morgan fingerprint density at radius 3 is 2.68 bits per heavy atom. The summed E-state index contributed by atoms with van der Waals surface area (Å²) in [6.07, 6.45) is 7.88. The van der Waals surface area contributed by atoms with Gasteiger partial charge in [-0.05, 0) is 32.4 Å². The Morgan fingerprint density at radius 1 is 1.47 bits per heavy atom. The molecule has 0 spiro atoms. The molecule has 1 amide bonds. The van der Waals surface area contributed by atoms with E-state index in [1.807, 2.05) is 26.8 Å². The highest BCUT2D eigenvalue weighted by Crippen LogP contribution is 2.06. The van der Waals surface area contributed by atoms with Crippen molar-refractivity contribution in [1.29, 1.82) is 0 Å². The Kier molecular flexibility index (Phi) is 9.23. The van der Waals surface area contributed by atoms with Crippen LogP contribution in [0.15, 0.2) is 41.3 Å². The van der Waals surface area contributed by atoms with Crippen molar-refractivity contribution in [2.45, 2.75) is 33.3 Å². The molecule has 0 atom stereocenters. The van der Waals surface area contributed by atoms with E-state index in [-0.39, 0.29) is 12.0 Å². The maximum atomic E-state index is 11.2. The molecule has 0 saturated heterocycles. The average molecular weight is 264 g/mol. The van der Waals surface area contributed by atoms with Gasteiger partial charge >= 0.3 is 0 Å². The summed E-state index contributed by atoms with van der Waals surface area (Å²) in [5, 5.41) is 2.50. The monoisotopic (exact) mass is 264 g/mol. The molecule has 0 radical (unpaired) electrons. The second-order valence-electron chi connectivity index (χ2n) is 4.18. The molecular formula is C15H24N2O2. The highest BCUT2D eigenvalue weighted by Gasteiger charge is 1.99. The number of hydrogen-bond acceptors (Lipinski definition) is 3. The van der Waals surface area contributed by atoms with Crippen molar-refractivity contribution in [3.63, 3.8) is 0 Å². The fourth-order valence-corrected chi connectivity index (χ4v) is 1.21. The Hall–Kier alpha value is -1.77. The minimum absolute atomic E-state index is 0.196. The molecule has 4 heteroatoms. The summed E-state index contributed by atoms with van der Waals surface area (Å²) < 4.78 is 5.36. The van der Waals surface area contributed by atoms with Crippen molar-refractivity contribution < 1.29 is 9.53 Å². The summed E-state index contributed by atoms with van der Waals surface area (Å²) in [4.78, 5) is 11.2. The number of carbonyl (C=O) groups is 1. The zero-order valence-electron chi connectivity index (χ0n) is 12.2. The Labute approximate surface area is 115 Å². The van der Waals surface area contributed by atoms with E-state index in [0.717, 1.165) is 12.0 Å². The van der Waals surface area contributed by atoms with Crippen LogP contribution in [0, 0.1) is 0 Å². The minimum Gasteiger partial charge on any atom is -0.398 e. The van der Waals surface area contributed by atoms with E-state index in [0.29, 0.717) is 12.3 Å². The number of allylic oxidation sites excluding steroid dienone is 2. The normalized spacial score (nSPS) is 12.1. The fourth-order valence-electron chi connectivity index (χ4n) is 1.21. The van der Waals surface area contributed by atoms with Crippen LogP contribution in [0.25, 0.3) is 0 Å². The molecule has 3 N–H and O–H groups in total. The summed E-state index contributed by atoms with van der Waals surface area (Å²) in [6.45, 7) is 6.47. The highest BCUT2D eigenvalue weighted by molar-refractivity contribution is 5.88. The van der Waals surface area contributed by atoms with Gasteiger partial charge in [-0.3, -0.25) is 4.79 Å². The molecule has 4 nitrogen and oxygen atoms in total. The van der Waals surface area contributed by atoms with Gasteiger partial charge in [0.1, 0.15) is 0 Å². The number of hydrogen-bond donors (Lipinski definition) is 2. The molecule has 0 aliphatic carbocycles. The van der Waals surface area contributed by atoms with Gasteiger partial charge in [-0.2, -0.15) is 0 Å². The van der Waals surface area contributed by atoms with Gasteiger partial charge in [0.2, 0.25) is 5.91 Å². The lowest BCUT2D eigenvalue weighted by Gasteiger charge is -2.02. The van der Waals surface area contributed by atoms with Gasteiger partial charge in [-0.15, -0.1) is 5.73 Å². The minimum atomic E-state index is -0.222. The van der Waals surface area contributed by atoms with Gasteiger partial charge < -0.3 is 15.8 Å². The van der Waals surface area contributed by atoms with E-state index in [1.54, 1.807) is 19.2 Å². The third kappa shape index (κ3) is 8.89. The maximum Gasteiger partial charge on any atom is 0.245 e. The molecule has 0 unspecified atom stereocenters. The summed E-state index contributed by atoms with van der Waals surface area (Å²) in [7, 11) is 1.56. The smallest absolute Gasteiger partial charge is 0.245 e. The SMILES string of the molecule is CC/C=C(\C=C=CCOC(C)C)C(N)=CC(=O)NC. The van der Waals surface area contributed by atoms with E-state index in [2.05, 4.69) is 11.0 Å². The van der Waals surface area contributed by atoms with Crippen molar-refractivity contribution in [2.75, 3.05) is 13.7 Å². The van der Waals surface area contributed by atoms with Crippen LogP contribution in [0.2, 0.25) is 0 Å². The van der Waals surface area contributed by atoms with Crippen molar-refractivity contribution >= 4 is 5.91 Å². The molecule has 0 aliphatic rings. The van der Waals surface area contributed by atoms with Gasteiger partial charge in [0.25, 0.3) is 0 Å². The summed E-state index contributed by atoms with van der Waals surface area (Å²) >= 11 is 0. The van der Waals surface area contributed by atoms with Crippen LogP contribution < -0.4 is 11.1 Å². The predicted molar refractivity (Wildman–Crippen MR) is 78.5 cm³/mol. The van der Waals surface area contributed by atoms with Gasteiger partial charge in [-0.1, -0.05) is 13.0 Å². The first-order chi connectivity index (χ1) is 9.01. The van der Waals surface area contributed by atoms with Crippen molar-refractivity contribution in [3.8, 4) is 0 Å². The van der Waals surface area contributed by atoms with E-state index < -0.39 is 0 Å². The van der Waals surface area contributed by atoms with Gasteiger partial charge in [0.15, 0.2) is 0 Å². The van der Waals surface area contributed by atoms with Crippen molar-refractivity contribution in [3.05, 3.63) is 41.3 Å². The number of likely N-dealkylation sites (N-methyl/N-ethyl adjacent to an activating group) is 1. The number of nitrogens with two attached hydrogens (primary N) is 1. The zero-order valence-corrected chi connectivity index (χ0v) is 12.2.